The molecule has 1 aromatic rings. The first kappa shape index (κ1) is 9.80. The zero-order valence-corrected chi connectivity index (χ0v) is 7.56. The molecule has 0 saturated heterocycles. The number of ether oxygens (including phenoxy) is 2. The predicted molar refractivity (Wildman–Crippen MR) is 48.0 cm³/mol. The number of rotatable bonds is 5. The highest BCUT2D eigenvalue weighted by atomic mass is 16.5. The van der Waals surface area contributed by atoms with E-state index in [1.54, 1.807) is 25.4 Å². The fourth-order valence-electron chi connectivity index (χ4n) is 0.814. The molecule has 0 aliphatic rings. The molecule has 1 N–H and O–H groups in total. The number of methoxy groups -OCH3 is 1. The Hall–Kier alpha value is -1.29. The summed E-state index contributed by atoms with van der Waals surface area (Å²) >= 11 is 0. The lowest BCUT2D eigenvalue weighted by Gasteiger charge is -2.04. The minimum Gasteiger partial charge on any atom is -0.495 e. The first-order valence-corrected chi connectivity index (χ1v) is 4.10. The minimum absolute atomic E-state index is 0.135. The van der Waals surface area contributed by atoms with Crippen LogP contribution in [0.5, 0.6) is 11.6 Å². The van der Waals surface area contributed by atoms with Gasteiger partial charge in [-0.05, 0) is 6.07 Å². The number of aliphatic hydroxyl groups is 1. The Labute approximate surface area is 77.1 Å². The van der Waals surface area contributed by atoms with Crippen molar-refractivity contribution in [2.24, 2.45) is 0 Å². The van der Waals surface area contributed by atoms with Gasteiger partial charge in [0.2, 0.25) is 5.88 Å². The van der Waals surface area contributed by atoms with E-state index in [1.807, 2.05) is 0 Å². The molecule has 0 amide bonds. The lowest BCUT2D eigenvalue weighted by Crippen LogP contribution is -2.00. The maximum atomic E-state index is 8.51. The van der Waals surface area contributed by atoms with E-state index < -0.39 is 0 Å². The van der Waals surface area contributed by atoms with Crippen molar-refractivity contribution in [1.82, 2.24) is 4.98 Å². The van der Waals surface area contributed by atoms with Crippen molar-refractivity contribution in [1.29, 1.82) is 0 Å². The lowest BCUT2D eigenvalue weighted by molar-refractivity contribution is 0.229. The van der Waals surface area contributed by atoms with Gasteiger partial charge in [0.15, 0.2) is 0 Å². The van der Waals surface area contributed by atoms with E-state index in [0.29, 0.717) is 24.7 Å². The molecule has 4 nitrogen and oxygen atoms in total. The standard InChI is InChI=1S/C9H13NO3/c1-12-8-3-4-9(10-7-8)13-6-2-5-11/h3-4,7,11H,2,5-6H2,1H3. The van der Waals surface area contributed by atoms with E-state index in [0.717, 1.165) is 0 Å². The van der Waals surface area contributed by atoms with Crippen molar-refractivity contribution in [2.45, 2.75) is 6.42 Å². The average Bonchev–Trinajstić information content (AvgIpc) is 2.19. The van der Waals surface area contributed by atoms with Crippen molar-refractivity contribution >= 4 is 0 Å². The molecule has 0 atom stereocenters. The zero-order chi connectivity index (χ0) is 9.52. The minimum atomic E-state index is 0.135. The van der Waals surface area contributed by atoms with Crippen LogP contribution in [0, 0.1) is 0 Å². The largest absolute Gasteiger partial charge is 0.495 e. The fourth-order valence-corrected chi connectivity index (χ4v) is 0.814. The predicted octanol–water partition coefficient (Wildman–Crippen LogP) is 0.851. The number of pyridine rings is 1. The molecule has 0 fully saturated rings. The van der Waals surface area contributed by atoms with Gasteiger partial charge in [-0.2, -0.15) is 0 Å². The van der Waals surface area contributed by atoms with E-state index in [2.05, 4.69) is 4.98 Å². The van der Waals surface area contributed by atoms with Gasteiger partial charge in [-0.25, -0.2) is 4.98 Å². The number of aromatic nitrogens is 1. The van der Waals surface area contributed by atoms with Crippen LogP contribution in [0.15, 0.2) is 18.3 Å². The summed E-state index contributed by atoms with van der Waals surface area (Å²) < 4.78 is 10.2. The highest BCUT2D eigenvalue weighted by molar-refractivity contribution is 5.22. The Bertz CT molecular complexity index is 235. The summed E-state index contributed by atoms with van der Waals surface area (Å²) in [6.07, 6.45) is 2.21. The first-order chi connectivity index (χ1) is 6.36. The Morgan fingerprint density at radius 3 is 2.85 bits per heavy atom. The molecule has 0 unspecified atom stereocenters. The maximum Gasteiger partial charge on any atom is 0.213 e. The van der Waals surface area contributed by atoms with Crippen molar-refractivity contribution in [2.75, 3.05) is 20.3 Å². The van der Waals surface area contributed by atoms with Gasteiger partial charge in [-0.3, -0.25) is 0 Å². The summed E-state index contributed by atoms with van der Waals surface area (Å²) in [4.78, 5) is 3.99. The average molecular weight is 183 g/mol. The van der Waals surface area contributed by atoms with E-state index >= 15 is 0 Å². The Morgan fingerprint density at radius 1 is 1.46 bits per heavy atom. The Balaban J connectivity index is 2.40. The quantitative estimate of drug-likeness (QED) is 0.687. The first-order valence-electron chi connectivity index (χ1n) is 4.10. The number of hydrogen-bond donors (Lipinski definition) is 1. The summed E-state index contributed by atoms with van der Waals surface area (Å²) in [5, 5.41) is 8.51. The Kier molecular flexibility index (Phi) is 4.05. The van der Waals surface area contributed by atoms with Crippen molar-refractivity contribution < 1.29 is 14.6 Å². The summed E-state index contributed by atoms with van der Waals surface area (Å²) in [6.45, 7) is 0.617. The van der Waals surface area contributed by atoms with Crippen LogP contribution in [0.4, 0.5) is 0 Å². The monoisotopic (exact) mass is 183 g/mol. The fraction of sp³-hybridized carbons (Fsp3) is 0.444. The molecule has 72 valence electrons. The van der Waals surface area contributed by atoms with Gasteiger partial charge in [-0.15, -0.1) is 0 Å². The van der Waals surface area contributed by atoms with Gasteiger partial charge in [0.05, 0.1) is 19.9 Å². The van der Waals surface area contributed by atoms with E-state index in [1.165, 1.54) is 0 Å². The van der Waals surface area contributed by atoms with Crippen molar-refractivity contribution in [3.63, 3.8) is 0 Å². The molecule has 0 aliphatic heterocycles. The second kappa shape index (κ2) is 5.37. The number of hydrogen-bond acceptors (Lipinski definition) is 4. The van der Waals surface area contributed by atoms with E-state index in [9.17, 15) is 0 Å². The van der Waals surface area contributed by atoms with Crippen LogP contribution in [-0.2, 0) is 0 Å². The van der Waals surface area contributed by atoms with Crippen molar-refractivity contribution in [3.05, 3.63) is 18.3 Å². The second-order valence-electron chi connectivity index (χ2n) is 2.46. The third-order valence-corrected chi connectivity index (χ3v) is 1.50. The summed E-state index contributed by atoms with van der Waals surface area (Å²) in [5.41, 5.74) is 0. The summed E-state index contributed by atoms with van der Waals surface area (Å²) in [5.74, 6) is 1.25. The zero-order valence-electron chi connectivity index (χ0n) is 7.56. The molecule has 1 aromatic heterocycles. The molecule has 1 rings (SSSR count). The summed E-state index contributed by atoms with van der Waals surface area (Å²) in [6, 6.07) is 3.51. The third kappa shape index (κ3) is 3.29. The van der Waals surface area contributed by atoms with Crippen LogP contribution in [-0.4, -0.2) is 30.4 Å². The molecule has 0 radical (unpaired) electrons. The molecule has 0 aromatic carbocycles. The molecule has 4 heteroatoms. The molecular weight excluding hydrogens is 170 g/mol. The van der Waals surface area contributed by atoms with Crippen molar-refractivity contribution in [3.8, 4) is 11.6 Å². The van der Waals surface area contributed by atoms with E-state index in [4.69, 9.17) is 14.6 Å². The second-order valence-corrected chi connectivity index (χ2v) is 2.46. The molecule has 0 bridgehead atoms. The highest BCUT2D eigenvalue weighted by Gasteiger charge is 1.95. The molecule has 13 heavy (non-hydrogen) atoms. The molecule has 1 heterocycles. The van der Waals surface area contributed by atoms with Crippen LogP contribution in [0.2, 0.25) is 0 Å². The van der Waals surface area contributed by atoms with Gasteiger partial charge in [0, 0.05) is 19.1 Å². The number of nitrogens with zero attached hydrogens (tertiary/aromatic N) is 1. The number of aliphatic hydroxyl groups excluding tert-OH is 1. The van der Waals surface area contributed by atoms with Gasteiger partial charge in [0.1, 0.15) is 5.75 Å². The molecule has 0 spiro atoms. The van der Waals surface area contributed by atoms with E-state index in [-0.39, 0.29) is 6.61 Å². The Morgan fingerprint density at radius 2 is 2.31 bits per heavy atom. The van der Waals surface area contributed by atoms with Gasteiger partial charge in [-0.1, -0.05) is 0 Å². The van der Waals surface area contributed by atoms with Gasteiger partial charge < -0.3 is 14.6 Å². The van der Waals surface area contributed by atoms with Crippen LogP contribution < -0.4 is 9.47 Å². The summed E-state index contributed by atoms with van der Waals surface area (Å²) in [7, 11) is 1.59. The van der Waals surface area contributed by atoms with Gasteiger partial charge >= 0.3 is 0 Å². The van der Waals surface area contributed by atoms with Crippen LogP contribution in [0.3, 0.4) is 0 Å². The highest BCUT2D eigenvalue weighted by Crippen LogP contribution is 2.12. The molecular formula is C9H13NO3. The van der Waals surface area contributed by atoms with Crippen LogP contribution in [0.1, 0.15) is 6.42 Å². The van der Waals surface area contributed by atoms with Gasteiger partial charge in [0.25, 0.3) is 0 Å². The third-order valence-electron chi connectivity index (χ3n) is 1.50. The lowest BCUT2D eigenvalue weighted by atomic mass is 10.4. The smallest absolute Gasteiger partial charge is 0.213 e. The molecule has 0 aliphatic carbocycles. The normalized spacial score (nSPS) is 9.69. The topological polar surface area (TPSA) is 51.6 Å². The van der Waals surface area contributed by atoms with Crippen LogP contribution in [0.25, 0.3) is 0 Å². The van der Waals surface area contributed by atoms with Crippen LogP contribution >= 0.6 is 0 Å². The maximum absolute atomic E-state index is 8.51. The molecule has 0 saturated carbocycles. The SMILES string of the molecule is COc1ccc(OCCCO)nc1.